The molecule has 12 heavy (non-hydrogen) atoms. The molecule has 0 atom stereocenters. The summed E-state index contributed by atoms with van der Waals surface area (Å²) in [4.78, 5) is 8.02. The fourth-order valence-electron chi connectivity index (χ4n) is 1.12. The molecule has 2 aromatic rings. The van der Waals surface area contributed by atoms with Gasteiger partial charge in [-0.2, -0.15) is 0 Å². The zero-order valence-electron chi connectivity index (χ0n) is 6.21. The maximum atomic E-state index is 5.72. The first-order valence-corrected chi connectivity index (χ1v) is 4.50. The normalized spacial score (nSPS) is 10.8. The highest BCUT2D eigenvalue weighted by molar-refractivity contribution is 7.80. The highest BCUT2D eigenvalue weighted by atomic mass is 35.5. The Hall–Kier alpha value is -0.670. The molecule has 0 saturated heterocycles. The molecule has 1 N–H and O–H groups in total. The van der Waals surface area contributed by atoms with E-state index >= 15 is 0 Å². The summed E-state index contributed by atoms with van der Waals surface area (Å²) in [6, 6.07) is 3.88. The first-order chi connectivity index (χ1) is 5.81. The summed E-state index contributed by atoms with van der Waals surface area (Å²) in [7, 11) is 0. The first-order valence-electron chi connectivity index (χ1n) is 3.52. The molecule has 1 heterocycles. The summed E-state index contributed by atoms with van der Waals surface area (Å²) in [5.41, 5.74) is 2.95. The molecular formula is C8H7ClN2S. The number of H-pyrrole nitrogens is 1. The highest BCUT2D eigenvalue weighted by Gasteiger charge is 2.01. The summed E-state index contributed by atoms with van der Waals surface area (Å²) < 4.78 is 0. The van der Waals surface area contributed by atoms with E-state index in [1.54, 1.807) is 6.33 Å². The number of nitrogens with one attached hydrogen (secondary N) is 1. The van der Waals surface area contributed by atoms with E-state index in [9.17, 15) is 0 Å². The van der Waals surface area contributed by atoms with Gasteiger partial charge < -0.3 is 4.98 Å². The Morgan fingerprint density at radius 1 is 1.50 bits per heavy atom. The van der Waals surface area contributed by atoms with Gasteiger partial charge in [-0.05, 0) is 17.7 Å². The third-order valence-electron chi connectivity index (χ3n) is 1.76. The molecule has 0 fully saturated rings. The topological polar surface area (TPSA) is 28.7 Å². The number of hydrogen-bond acceptors (Lipinski definition) is 2. The maximum absolute atomic E-state index is 5.72. The van der Waals surface area contributed by atoms with Gasteiger partial charge in [-0.1, -0.05) is 0 Å². The molecule has 4 heteroatoms. The lowest BCUT2D eigenvalue weighted by Gasteiger charge is -1.99. The van der Waals surface area contributed by atoms with Crippen LogP contribution in [0.2, 0.25) is 0 Å². The molecule has 0 unspecified atom stereocenters. The van der Waals surface area contributed by atoms with Crippen molar-refractivity contribution in [1.82, 2.24) is 9.97 Å². The molecule has 1 aromatic heterocycles. The molecule has 0 spiro atoms. The SMILES string of the molecule is Sc1cc2nc[nH]c2cc1CCl. The number of aromatic nitrogens is 2. The van der Waals surface area contributed by atoms with Gasteiger partial charge in [0.25, 0.3) is 0 Å². The Bertz CT molecular complexity index is 410. The van der Waals surface area contributed by atoms with Gasteiger partial charge in [0.15, 0.2) is 0 Å². The van der Waals surface area contributed by atoms with E-state index in [-0.39, 0.29) is 0 Å². The molecule has 0 saturated carbocycles. The van der Waals surface area contributed by atoms with Crippen LogP contribution in [0.15, 0.2) is 23.4 Å². The van der Waals surface area contributed by atoms with Gasteiger partial charge in [0.2, 0.25) is 0 Å². The Balaban J connectivity index is 2.73. The van der Waals surface area contributed by atoms with Crippen molar-refractivity contribution >= 4 is 35.3 Å². The predicted octanol–water partition coefficient (Wildman–Crippen LogP) is 2.59. The minimum absolute atomic E-state index is 0.480. The van der Waals surface area contributed by atoms with Crippen LogP contribution in [0.1, 0.15) is 5.56 Å². The van der Waals surface area contributed by atoms with Gasteiger partial charge in [-0.3, -0.25) is 0 Å². The van der Waals surface area contributed by atoms with Crippen molar-refractivity contribution in [2.45, 2.75) is 10.8 Å². The summed E-state index contributed by atoms with van der Waals surface area (Å²) in [5, 5.41) is 0. The lowest BCUT2D eigenvalue weighted by molar-refractivity contribution is 1.28. The van der Waals surface area contributed by atoms with Crippen LogP contribution in [0, 0.1) is 0 Å². The molecule has 0 amide bonds. The van der Waals surface area contributed by atoms with Crippen LogP contribution in [0.3, 0.4) is 0 Å². The van der Waals surface area contributed by atoms with Crippen LogP contribution >= 0.6 is 24.2 Å². The predicted molar refractivity (Wildman–Crippen MR) is 52.9 cm³/mol. The minimum atomic E-state index is 0.480. The van der Waals surface area contributed by atoms with E-state index in [0.717, 1.165) is 21.5 Å². The van der Waals surface area contributed by atoms with Crippen molar-refractivity contribution in [2.24, 2.45) is 0 Å². The minimum Gasteiger partial charge on any atom is -0.345 e. The second-order valence-corrected chi connectivity index (χ2v) is 3.28. The van der Waals surface area contributed by atoms with Crippen molar-refractivity contribution in [1.29, 1.82) is 0 Å². The Kier molecular flexibility index (Phi) is 1.98. The van der Waals surface area contributed by atoms with E-state index in [0.29, 0.717) is 5.88 Å². The van der Waals surface area contributed by atoms with Gasteiger partial charge in [0, 0.05) is 10.8 Å². The zero-order valence-corrected chi connectivity index (χ0v) is 7.86. The van der Waals surface area contributed by atoms with Crippen LogP contribution in [0.5, 0.6) is 0 Å². The molecule has 0 aliphatic carbocycles. The van der Waals surface area contributed by atoms with Gasteiger partial charge in [-0.25, -0.2) is 4.98 Å². The van der Waals surface area contributed by atoms with E-state index in [1.165, 1.54) is 0 Å². The number of fused-ring (bicyclic) bond motifs is 1. The second-order valence-electron chi connectivity index (χ2n) is 2.53. The number of hydrogen-bond donors (Lipinski definition) is 2. The fourth-order valence-corrected chi connectivity index (χ4v) is 1.70. The zero-order chi connectivity index (χ0) is 8.55. The third kappa shape index (κ3) is 1.19. The Morgan fingerprint density at radius 3 is 3.08 bits per heavy atom. The quantitative estimate of drug-likeness (QED) is 0.535. The van der Waals surface area contributed by atoms with Crippen LogP contribution < -0.4 is 0 Å². The summed E-state index contributed by atoms with van der Waals surface area (Å²) in [6.07, 6.45) is 1.66. The number of aromatic amines is 1. The molecule has 2 nitrogen and oxygen atoms in total. The number of alkyl halides is 1. The van der Waals surface area contributed by atoms with Crippen LogP contribution in [0.4, 0.5) is 0 Å². The number of rotatable bonds is 1. The van der Waals surface area contributed by atoms with Crippen molar-refractivity contribution in [3.63, 3.8) is 0 Å². The van der Waals surface area contributed by atoms with Crippen molar-refractivity contribution < 1.29 is 0 Å². The van der Waals surface area contributed by atoms with E-state index in [1.807, 2.05) is 12.1 Å². The molecular weight excluding hydrogens is 192 g/mol. The molecule has 0 bridgehead atoms. The van der Waals surface area contributed by atoms with E-state index in [2.05, 4.69) is 22.6 Å². The van der Waals surface area contributed by atoms with Gasteiger partial charge in [0.05, 0.1) is 17.4 Å². The average Bonchev–Trinajstić information content (AvgIpc) is 2.49. The maximum Gasteiger partial charge on any atom is 0.0931 e. The summed E-state index contributed by atoms with van der Waals surface area (Å²) in [5.74, 6) is 0.480. The third-order valence-corrected chi connectivity index (χ3v) is 2.47. The fraction of sp³-hybridized carbons (Fsp3) is 0.125. The van der Waals surface area contributed by atoms with E-state index < -0.39 is 0 Å². The van der Waals surface area contributed by atoms with Crippen LogP contribution in [-0.4, -0.2) is 9.97 Å². The number of imidazole rings is 1. The van der Waals surface area contributed by atoms with Gasteiger partial charge in [-0.15, -0.1) is 24.2 Å². The molecule has 0 aliphatic heterocycles. The number of nitrogens with zero attached hydrogens (tertiary/aromatic N) is 1. The van der Waals surface area contributed by atoms with Crippen molar-refractivity contribution in [3.05, 3.63) is 24.0 Å². The lowest BCUT2D eigenvalue weighted by Crippen LogP contribution is -1.81. The van der Waals surface area contributed by atoms with E-state index in [4.69, 9.17) is 11.6 Å². The summed E-state index contributed by atoms with van der Waals surface area (Å²) >= 11 is 10.0. The number of thiol groups is 1. The Labute approximate surface area is 80.4 Å². The smallest absolute Gasteiger partial charge is 0.0931 e. The first kappa shape index (κ1) is 7.95. The van der Waals surface area contributed by atoms with Crippen LogP contribution in [-0.2, 0) is 5.88 Å². The molecule has 62 valence electrons. The molecule has 2 rings (SSSR count). The van der Waals surface area contributed by atoms with Gasteiger partial charge in [0.1, 0.15) is 0 Å². The van der Waals surface area contributed by atoms with Gasteiger partial charge >= 0.3 is 0 Å². The monoisotopic (exact) mass is 198 g/mol. The molecule has 0 radical (unpaired) electrons. The Morgan fingerprint density at radius 2 is 2.33 bits per heavy atom. The van der Waals surface area contributed by atoms with Crippen molar-refractivity contribution in [3.8, 4) is 0 Å². The standard InChI is InChI=1S/C8H7ClN2S/c9-3-5-1-6-7(2-8(5)12)11-4-10-6/h1-2,4,12H,3H2,(H,10,11). The number of halogens is 1. The second kappa shape index (κ2) is 2.99. The highest BCUT2D eigenvalue weighted by Crippen LogP contribution is 2.21. The molecule has 0 aliphatic rings. The number of benzene rings is 1. The van der Waals surface area contributed by atoms with Crippen LogP contribution in [0.25, 0.3) is 11.0 Å². The molecule has 1 aromatic carbocycles. The van der Waals surface area contributed by atoms with Crippen molar-refractivity contribution in [2.75, 3.05) is 0 Å². The average molecular weight is 199 g/mol. The summed E-state index contributed by atoms with van der Waals surface area (Å²) in [6.45, 7) is 0. The largest absolute Gasteiger partial charge is 0.345 e. The lowest BCUT2D eigenvalue weighted by atomic mass is 10.2.